The van der Waals surface area contributed by atoms with E-state index in [1.54, 1.807) is 0 Å². The van der Waals surface area contributed by atoms with Crippen molar-refractivity contribution in [3.8, 4) is 56.2 Å². The van der Waals surface area contributed by atoms with Crippen molar-refractivity contribution < 1.29 is 0 Å². The van der Waals surface area contributed by atoms with Crippen LogP contribution in [-0.4, -0.2) is 9.97 Å². The Morgan fingerprint density at radius 3 is 1.46 bits per heavy atom. The molecule has 3 nitrogen and oxygen atoms in total. The first-order chi connectivity index (χ1) is 27.7. The molecule has 1 aromatic heterocycles. The van der Waals surface area contributed by atoms with Crippen molar-refractivity contribution in [3.05, 3.63) is 229 Å². The molecule has 56 heavy (non-hydrogen) atoms. The van der Waals surface area contributed by atoms with Gasteiger partial charge in [0.05, 0.1) is 17.4 Å². The first-order valence-corrected chi connectivity index (χ1v) is 19.1. The molecule has 8 aromatic carbocycles. The van der Waals surface area contributed by atoms with Gasteiger partial charge < -0.3 is 5.32 Å². The van der Waals surface area contributed by atoms with Crippen LogP contribution in [0.25, 0.3) is 72.5 Å². The van der Waals surface area contributed by atoms with Gasteiger partial charge in [-0.15, -0.1) is 0 Å². The Balaban J connectivity index is 1.16. The highest BCUT2D eigenvalue weighted by molar-refractivity contribution is 6.08. The van der Waals surface area contributed by atoms with Gasteiger partial charge in [0.15, 0.2) is 5.82 Å². The fourth-order valence-electron chi connectivity index (χ4n) is 7.96. The largest absolute Gasteiger partial charge is 0.374 e. The molecule has 0 bridgehead atoms. The van der Waals surface area contributed by atoms with Gasteiger partial charge in [-0.25, -0.2) is 9.97 Å². The normalized spacial score (nSPS) is 13.4. The molecule has 0 radical (unpaired) electrons. The van der Waals surface area contributed by atoms with E-state index in [-0.39, 0.29) is 6.04 Å². The molecule has 264 valence electrons. The van der Waals surface area contributed by atoms with Crippen molar-refractivity contribution in [1.82, 2.24) is 9.97 Å². The molecule has 0 spiro atoms. The van der Waals surface area contributed by atoms with E-state index >= 15 is 0 Å². The van der Waals surface area contributed by atoms with Crippen molar-refractivity contribution >= 4 is 22.0 Å². The zero-order valence-electron chi connectivity index (χ0n) is 30.7. The number of aromatic nitrogens is 2. The van der Waals surface area contributed by atoms with Gasteiger partial charge in [-0.05, 0) is 80.1 Å². The van der Waals surface area contributed by atoms with Crippen LogP contribution >= 0.6 is 0 Å². The van der Waals surface area contributed by atoms with E-state index in [9.17, 15) is 0 Å². The Morgan fingerprint density at radius 1 is 0.375 bits per heavy atom. The molecule has 1 N–H and O–H groups in total. The van der Waals surface area contributed by atoms with Crippen LogP contribution in [0, 0.1) is 0 Å². The van der Waals surface area contributed by atoms with E-state index in [2.05, 4.69) is 218 Å². The first-order valence-electron chi connectivity index (χ1n) is 19.1. The van der Waals surface area contributed by atoms with Gasteiger partial charge in [0.25, 0.3) is 0 Å². The Labute approximate surface area is 327 Å². The van der Waals surface area contributed by atoms with Gasteiger partial charge in [-0.1, -0.05) is 182 Å². The molecule has 1 atom stereocenters. The molecule has 1 aliphatic heterocycles. The fourth-order valence-corrected chi connectivity index (χ4v) is 7.96. The Bertz CT molecular complexity index is 2760. The molecule has 0 amide bonds. The van der Waals surface area contributed by atoms with Gasteiger partial charge in [0, 0.05) is 27.9 Å². The first kappa shape index (κ1) is 33.2. The van der Waals surface area contributed by atoms with E-state index in [0.29, 0.717) is 5.82 Å². The van der Waals surface area contributed by atoms with Crippen LogP contribution in [-0.2, 0) is 0 Å². The number of benzene rings is 8. The molecule has 3 heteroatoms. The average molecular weight is 716 g/mol. The van der Waals surface area contributed by atoms with Crippen LogP contribution in [0.1, 0.15) is 22.7 Å². The van der Waals surface area contributed by atoms with Crippen LogP contribution in [0.15, 0.2) is 212 Å². The minimum atomic E-state index is 0.0420. The summed E-state index contributed by atoms with van der Waals surface area (Å²) in [7, 11) is 0. The summed E-state index contributed by atoms with van der Waals surface area (Å²) in [4.78, 5) is 10.7. The lowest BCUT2D eigenvalue weighted by Gasteiger charge is -2.28. The van der Waals surface area contributed by atoms with Crippen LogP contribution in [0.3, 0.4) is 0 Å². The maximum atomic E-state index is 5.36. The summed E-state index contributed by atoms with van der Waals surface area (Å²) >= 11 is 0. The Morgan fingerprint density at radius 2 is 0.875 bits per heavy atom. The SMILES string of the molecule is C1=C(c2ccccc2)c2c(ccc3c(-c4nc(-c5cccc(-c6ccccc6)c5)cc(-c5cccc(-c6ccccc6)c5)n4)cccc23)NC1c1ccccc1. The molecule has 0 aliphatic carbocycles. The lowest BCUT2D eigenvalue weighted by molar-refractivity contribution is 0.974. The highest BCUT2D eigenvalue weighted by Gasteiger charge is 2.24. The van der Waals surface area contributed by atoms with Crippen molar-refractivity contribution in [2.24, 2.45) is 0 Å². The molecule has 1 aliphatic rings. The molecular formula is C53H37N3. The van der Waals surface area contributed by atoms with E-state index in [1.807, 2.05) is 0 Å². The number of fused-ring (bicyclic) bond motifs is 3. The summed E-state index contributed by atoms with van der Waals surface area (Å²) in [6.07, 6.45) is 2.37. The Kier molecular flexibility index (Phi) is 8.58. The summed E-state index contributed by atoms with van der Waals surface area (Å²) in [6.45, 7) is 0. The van der Waals surface area contributed by atoms with Gasteiger partial charge in [-0.2, -0.15) is 0 Å². The van der Waals surface area contributed by atoms with Crippen molar-refractivity contribution in [1.29, 1.82) is 0 Å². The van der Waals surface area contributed by atoms with Crippen LogP contribution in [0.2, 0.25) is 0 Å². The monoisotopic (exact) mass is 715 g/mol. The maximum absolute atomic E-state index is 5.36. The van der Waals surface area contributed by atoms with Gasteiger partial charge in [-0.3, -0.25) is 0 Å². The van der Waals surface area contributed by atoms with Crippen molar-refractivity contribution in [2.75, 3.05) is 5.32 Å². The predicted octanol–water partition coefficient (Wildman–Crippen LogP) is 13.6. The maximum Gasteiger partial charge on any atom is 0.161 e. The number of rotatable bonds is 7. The third kappa shape index (κ3) is 6.36. The third-order valence-electron chi connectivity index (χ3n) is 10.7. The smallest absolute Gasteiger partial charge is 0.161 e. The number of anilines is 1. The second-order valence-corrected chi connectivity index (χ2v) is 14.2. The number of hydrogen-bond donors (Lipinski definition) is 1. The lowest BCUT2D eigenvalue weighted by atomic mass is 9.85. The van der Waals surface area contributed by atoms with Crippen molar-refractivity contribution in [2.45, 2.75) is 6.04 Å². The second kappa shape index (κ2) is 14.5. The molecule has 2 heterocycles. The predicted molar refractivity (Wildman–Crippen MR) is 233 cm³/mol. The Hall–Kier alpha value is -7.36. The van der Waals surface area contributed by atoms with E-state index in [1.165, 1.54) is 33.4 Å². The van der Waals surface area contributed by atoms with E-state index < -0.39 is 0 Å². The molecule has 9 aromatic rings. The standard InChI is InChI=1S/C53H37N3/c1-5-16-36(17-6-1)40-24-13-26-42(32-40)50-35-51(43-27-14-25-41(33-43)37-18-7-2-8-19-37)56-53(55-50)46-29-15-28-45-44(46)30-31-48-52(45)47(38-20-9-3-10-21-38)34-49(54-48)39-22-11-4-12-23-39/h1-35,49,54H. The van der Waals surface area contributed by atoms with Crippen LogP contribution in [0.4, 0.5) is 5.69 Å². The lowest BCUT2D eigenvalue weighted by Crippen LogP contribution is -2.15. The molecule has 1 unspecified atom stereocenters. The summed E-state index contributed by atoms with van der Waals surface area (Å²) in [6, 6.07) is 72.9. The minimum absolute atomic E-state index is 0.0420. The van der Waals surface area contributed by atoms with Gasteiger partial charge in [0.1, 0.15) is 0 Å². The summed E-state index contributed by atoms with van der Waals surface area (Å²) in [5.41, 5.74) is 15.4. The molecule has 0 saturated carbocycles. The van der Waals surface area contributed by atoms with Gasteiger partial charge in [0.2, 0.25) is 0 Å². The van der Waals surface area contributed by atoms with E-state index in [0.717, 1.165) is 55.7 Å². The van der Waals surface area contributed by atoms with Crippen molar-refractivity contribution in [3.63, 3.8) is 0 Å². The zero-order valence-corrected chi connectivity index (χ0v) is 30.7. The molecular weight excluding hydrogens is 679 g/mol. The van der Waals surface area contributed by atoms with Crippen LogP contribution in [0.5, 0.6) is 0 Å². The quantitative estimate of drug-likeness (QED) is 0.178. The number of nitrogens with zero attached hydrogens (tertiary/aromatic N) is 2. The van der Waals surface area contributed by atoms with Gasteiger partial charge >= 0.3 is 0 Å². The fraction of sp³-hybridized carbons (Fsp3) is 0.0189. The number of nitrogens with one attached hydrogen (secondary N) is 1. The highest BCUT2D eigenvalue weighted by Crippen LogP contribution is 2.44. The summed E-state index contributed by atoms with van der Waals surface area (Å²) < 4.78 is 0. The average Bonchev–Trinajstić information content (AvgIpc) is 3.29. The zero-order chi connectivity index (χ0) is 37.3. The molecule has 0 saturated heterocycles. The van der Waals surface area contributed by atoms with E-state index in [4.69, 9.17) is 9.97 Å². The van der Waals surface area contributed by atoms with Crippen LogP contribution < -0.4 is 5.32 Å². The summed E-state index contributed by atoms with van der Waals surface area (Å²) in [5, 5.41) is 6.11. The highest BCUT2D eigenvalue weighted by atomic mass is 14.9. The third-order valence-corrected chi connectivity index (χ3v) is 10.7. The second-order valence-electron chi connectivity index (χ2n) is 14.2. The summed E-state index contributed by atoms with van der Waals surface area (Å²) in [5.74, 6) is 0.689. The number of hydrogen-bond acceptors (Lipinski definition) is 3. The molecule has 10 rings (SSSR count). The topological polar surface area (TPSA) is 37.8 Å². The minimum Gasteiger partial charge on any atom is -0.374 e. The molecule has 0 fully saturated rings.